The van der Waals surface area contributed by atoms with Gasteiger partial charge in [0, 0.05) is 36.6 Å². The molecule has 0 saturated heterocycles. The van der Waals surface area contributed by atoms with Crippen molar-refractivity contribution in [1.82, 2.24) is 20.4 Å². The second kappa shape index (κ2) is 22.3. The second-order valence-electron chi connectivity index (χ2n) is 12.3. The number of ether oxygens (including phenoxy) is 1. The first-order valence-electron chi connectivity index (χ1n) is 17.2. The van der Waals surface area contributed by atoms with Crippen LogP contribution in [0.5, 0.6) is 0 Å². The maximum Gasteiger partial charge on any atom is 0.335 e. The molecule has 0 aromatic heterocycles. The van der Waals surface area contributed by atoms with Crippen LogP contribution < -0.4 is 10.6 Å². The van der Waals surface area contributed by atoms with Crippen molar-refractivity contribution in [1.29, 1.82) is 0 Å². The van der Waals surface area contributed by atoms with Crippen molar-refractivity contribution in [3.05, 3.63) is 83.2 Å². The molecule has 11 nitrogen and oxygen atoms in total. The van der Waals surface area contributed by atoms with E-state index in [1.165, 1.54) is 24.2 Å². The monoisotopic (exact) mass is 682 g/mol. The van der Waals surface area contributed by atoms with Gasteiger partial charge in [0.1, 0.15) is 11.8 Å². The number of esters is 1. The zero-order valence-corrected chi connectivity index (χ0v) is 30.5. The Morgan fingerprint density at radius 1 is 1.04 bits per heavy atom. The number of amides is 4. The molecule has 0 radical (unpaired) electrons. The van der Waals surface area contributed by atoms with Crippen molar-refractivity contribution in [3.8, 4) is 0 Å². The molecule has 1 aliphatic carbocycles. The van der Waals surface area contributed by atoms with Crippen LogP contribution in [0.1, 0.15) is 99.3 Å². The number of hydrogen-bond acceptors (Lipinski definition) is 8. The summed E-state index contributed by atoms with van der Waals surface area (Å²) in [7, 11) is 1.63. The Kier molecular flexibility index (Phi) is 19.4. The Hall–Kier alpha value is -4.38. The lowest BCUT2D eigenvalue weighted by atomic mass is 9.93. The van der Waals surface area contributed by atoms with E-state index in [9.17, 15) is 29.4 Å². The van der Waals surface area contributed by atoms with Crippen LogP contribution in [0, 0.1) is 0 Å². The maximum atomic E-state index is 13.7. The van der Waals surface area contributed by atoms with E-state index in [1.54, 1.807) is 26.1 Å². The van der Waals surface area contributed by atoms with Gasteiger partial charge in [0.05, 0.1) is 18.8 Å². The van der Waals surface area contributed by atoms with E-state index in [2.05, 4.69) is 23.8 Å². The minimum atomic E-state index is -1.07. The highest BCUT2D eigenvalue weighted by Crippen LogP contribution is 2.21. The summed E-state index contributed by atoms with van der Waals surface area (Å²) in [6.45, 7) is 19.4. The Bertz CT molecular complexity index is 1340. The minimum absolute atomic E-state index is 0.0883. The van der Waals surface area contributed by atoms with Gasteiger partial charge < -0.3 is 25.6 Å². The first-order valence-corrected chi connectivity index (χ1v) is 17.2. The second-order valence-corrected chi connectivity index (χ2v) is 12.3. The molecular formula is C38H58N4O7. The van der Waals surface area contributed by atoms with Gasteiger partial charge in [-0.05, 0) is 82.1 Å². The molecule has 11 heteroatoms. The Balaban J connectivity index is 3.29. The molecule has 0 bridgehead atoms. The predicted octanol–water partition coefficient (Wildman–Crippen LogP) is 7.19. The lowest BCUT2D eigenvalue weighted by molar-refractivity contribution is -0.152. The van der Waals surface area contributed by atoms with Crippen LogP contribution in [0.15, 0.2) is 83.2 Å². The summed E-state index contributed by atoms with van der Waals surface area (Å²) in [6.07, 6.45) is 13.3. The van der Waals surface area contributed by atoms with Gasteiger partial charge in [0.2, 0.25) is 12.3 Å². The molecule has 4 amide bonds. The number of imide groups is 1. The van der Waals surface area contributed by atoms with Crippen LogP contribution in [0.4, 0.5) is 4.79 Å². The summed E-state index contributed by atoms with van der Waals surface area (Å²) in [5.74, 6) is -1.72. The number of rotatable bonds is 21. The summed E-state index contributed by atoms with van der Waals surface area (Å²) in [6, 6.07) is -1.06. The zero-order valence-electron chi connectivity index (χ0n) is 30.5. The quantitative estimate of drug-likeness (QED) is 0.0431. The van der Waals surface area contributed by atoms with Crippen LogP contribution in [0.3, 0.4) is 0 Å². The molecule has 49 heavy (non-hydrogen) atoms. The van der Waals surface area contributed by atoms with Gasteiger partial charge in [-0.3, -0.25) is 14.5 Å². The first kappa shape index (κ1) is 42.6. The Morgan fingerprint density at radius 2 is 1.71 bits per heavy atom. The number of carbonyl (C=O) groups is 4. The van der Waals surface area contributed by atoms with E-state index in [0.717, 1.165) is 21.6 Å². The third kappa shape index (κ3) is 14.3. The Morgan fingerprint density at radius 3 is 2.20 bits per heavy atom. The van der Waals surface area contributed by atoms with Crippen molar-refractivity contribution in [3.63, 3.8) is 0 Å². The van der Waals surface area contributed by atoms with Crippen LogP contribution in [0.25, 0.3) is 0 Å². The van der Waals surface area contributed by atoms with Crippen LogP contribution in [-0.4, -0.2) is 76.1 Å². The van der Waals surface area contributed by atoms with Gasteiger partial charge in [-0.15, -0.1) is 0 Å². The van der Waals surface area contributed by atoms with E-state index in [4.69, 9.17) is 4.74 Å². The van der Waals surface area contributed by atoms with Crippen LogP contribution in [0.2, 0.25) is 0 Å². The van der Waals surface area contributed by atoms with Crippen LogP contribution >= 0.6 is 0 Å². The summed E-state index contributed by atoms with van der Waals surface area (Å²) in [5.41, 5.74) is 3.62. The number of allylic oxidation sites excluding steroid dienone is 6. The predicted molar refractivity (Wildman–Crippen MR) is 194 cm³/mol. The molecule has 2 unspecified atom stereocenters. The van der Waals surface area contributed by atoms with Gasteiger partial charge >= 0.3 is 12.0 Å². The van der Waals surface area contributed by atoms with E-state index < -0.39 is 36.1 Å². The number of aliphatic hydroxyl groups excluding tert-OH is 2. The van der Waals surface area contributed by atoms with Gasteiger partial charge in [-0.2, -0.15) is 0 Å². The SMILES string of the molecule is C=C(/C=C\C(=C(\C)CC)N(C)C(=O)N(C=O)/C(=C/C=C(\CC)CC(NC(=O)C/C(=C\O)C(=C)O)C(=O)OC(C)CC)CC)CNC1CCC1. The fourth-order valence-electron chi connectivity index (χ4n) is 4.74. The fourth-order valence-corrected chi connectivity index (χ4v) is 4.74. The average molecular weight is 683 g/mol. The number of nitrogens with zero attached hydrogens (tertiary/aromatic N) is 2. The molecule has 0 aliphatic heterocycles. The summed E-state index contributed by atoms with van der Waals surface area (Å²) in [5, 5.41) is 25.1. The molecule has 1 fully saturated rings. The maximum absolute atomic E-state index is 13.7. The largest absolute Gasteiger partial charge is 0.515 e. The number of hydrogen-bond donors (Lipinski definition) is 4. The molecule has 0 aromatic rings. The molecule has 2 atom stereocenters. The van der Waals surface area contributed by atoms with Crippen molar-refractivity contribution in [2.24, 2.45) is 0 Å². The van der Waals surface area contributed by atoms with Crippen LogP contribution in [-0.2, 0) is 19.1 Å². The Labute approximate surface area is 292 Å². The first-order chi connectivity index (χ1) is 23.3. The summed E-state index contributed by atoms with van der Waals surface area (Å²) < 4.78 is 5.51. The van der Waals surface area contributed by atoms with Gasteiger partial charge in [-0.1, -0.05) is 65.0 Å². The van der Waals surface area contributed by atoms with E-state index in [-0.39, 0.29) is 18.1 Å². The van der Waals surface area contributed by atoms with E-state index >= 15 is 0 Å². The van der Waals surface area contributed by atoms with Crippen molar-refractivity contribution < 1.29 is 34.1 Å². The molecule has 0 heterocycles. The van der Waals surface area contributed by atoms with E-state index in [1.807, 2.05) is 46.8 Å². The highest BCUT2D eigenvalue weighted by Gasteiger charge is 2.26. The molecule has 272 valence electrons. The van der Waals surface area contributed by atoms with Crippen molar-refractivity contribution in [2.45, 2.75) is 118 Å². The lowest BCUT2D eigenvalue weighted by Gasteiger charge is -2.27. The minimum Gasteiger partial charge on any atom is -0.515 e. The zero-order chi connectivity index (χ0) is 37.1. The molecule has 4 N–H and O–H groups in total. The summed E-state index contributed by atoms with van der Waals surface area (Å²) in [4.78, 5) is 54.5. The van der Waals surface area contributed by atoms with Gasteiger partial charge in [0.25, 0.3) is 0 Å². The van der Waals surface area contributed by atoms with Crippen molar-refractivity contribution >= 4 is 24.3 Å². The third-order valence-electron chi connectivity index (χ3n) is 8.62. The van der Waals surface area contributed by atoms with E-state index in [0.29, 0.717) is 62.3 Å². The lowest BCUT2D eigenvalue weighted by Crippen LogP contribution is -2.43. The third-order valence-corrected chi connectivity index (χ3v) is 8.62. The molecular weight excluding hydrogens is 624 g/mol. The fraction of sp³-hybridized carbons (Fsp3) is 0.526. The highest BCUT2D eigenvalue weighted by molar-refractivity contribution is 5.88. The molecule has 1 saturated carbocycles. The number of carbonyl (C=O) groups excluding carboxylic acids is 4. The highest BCUT2D eigenvalue weighted by atomic mass is 16.5. The van der Waals surface area contributed by atoms with Gasteiger partial charge in [0.15, 0.2) is 0 Å². The average Bonchev–Trinajstić information content (AvgIpc) is 3.06. The molecule has 0 spiro atoms. The number of nitrogens with one attached hydrogen (secondary N) is 2. The normalized spacial score (nSPS) is 15.9. The molecule has 1 rings (SSSR count). The summed E-state index contributed by atoms with van der Waals surface area (Å²) >= 11 is 0. The number of urea groups is 1. The van der Waals surface area contributed by atoms with Crippen molar-refractivity contribution in [2.75, 3.05) is 13.6 Å². The topological polar surface area (TPSA) is 149 Å². The standard InChI is InChI=1S/C38H58N4O7/c1-10-27(6)35(20-17-26(5)23-39-32-15-14-16-32)41(9)38(48)42(25-44)33(13-4)19-18-30(12-3)21-34(37(47)49-28(7)11-2)40-36(46)22-31(24-43)29(8)45/h17-20,24-25,28,32,34,39,43,45H,5,8,10-16,21-23H2,1-4,6-7,9H3,(H,40,46)/b20-17-,30-18+,31-24+,33-19+,35-27+. The smallest absolute Gasteiger partial charge is 0.335 e. The number of aliphatic hydroxyl groups is 2. The molecule has 0 aromatic carbocycles. The van der Waals surface area contributed by atoms with Gasteiger partial charge in [-0.25, -0.2) is 14.5 Å². The number of likely N-dealkylation sites (N-methyl/N-ethyl adjacent to an activating group) is 1. The molecule has 1 aliphatic rings.